The van der Waals surface area contributed by atoms with E-state index in [1.54, 1.807) is 6.20 Å². The standard InChI is InChI=1S/C19H21N5O/c1-22(2)18-17-8-10-20-24(17)13-16(21-18)15-9-11-23(12-15)19(25)14-6-4-3-5-7-14/h3-8,10,13,15H,9,11-12H2,1-2H3/t15-/m1/s1. The molecule has 3 heterocycles. The van der Waals surface area contributed by atoms with Crippen LogP contribution in [-0.4, -0.2) is 52.6 Å². The third-order valence-electron chi connectivity index (χ3n) is 4.73. The van der Waals surface area contributed by atoms with Crippen LogP contribution in [-0.2, 0) is 0 Å². The molecule has 0 unspecified atom stereocenters. The molecule has 2 aromatic heterocycles. The number of likely N-dealkylation sites (tertiary alicyclic amines) is 1. The first-order valence-electron chi connectivity index (χ1n) is 8.49. The second kappa shape index (κ2) is 6.20. The summed E-state index contributed by atoms with van der Waals surface area (Å²) in [5, 5.41) is 4.36. The van der Waals surface area contributed by atoms with Crippen molar-refractivity contribution in [2.24, 2.45) is 0 Å². The molecule has 0 N–H and O–H groups in total. The molecule has 6 heteroatoms. The first-order valence-corrected chi connectivity index (χ1v) is 8.49. The van der Waals surface area contributed by atoms with E-state index in [1.165, 1.54) is 0 Å². The summed E-state index contributed by atoms with van der Waals surface area (Å²) in [6, 6.07) is 11.4. The van der Waals surface area contributed by atoms with Gasteiger partial charge in [0.15, 0.2) is 5.82 Å². The second-order valence-corrected chi connectivity index (χ2v) is 6.65. The van der Waals surface area contributed by atoms with E-state index < -0.39 is 0 Å². The van der Waals surface area contributed by atoms with E-state index in [0.717, 1.165) is 35.6 Å². The average molecular weight is 335 g/mol. The van der Waals surface area contributed by atoms with Gasteiger partial charge in [0.25, 0.3) is 5.91 Å². The number of fused-ring (bicyclic) bond motifs is 1. The Labute approximate surface area is 146 Å². The number of hydrogen-bond acceptors (Lipinski definition) is 4. The summed E-state index contributed by atoms with van der Waals surface area (Å²) in [7, 11) is 3.97. The van der Waals surface area contributed by atoms with E-state index in [-0.39, 0.29) is 11.8 Å². The van der Waals surface area contributed by atoms with Crippen LogP contribution in [0.25, 0.3) is 5.52 Å². The van der Waals surface area contributed by atoms with Gasteiger partial charge in [-0.15, -0.1) is 0 Å². The minimum Gasteiger partial charge on any atom is -0.361 e. The largest absolute Gasteiger partial charge is 0.361 e. The lowest BCUT2D eigenvalue weighted by Gasteiger charge is -2.18. The fraction of sp³-hybridized carbons (Fsp3) is 0.316. The van der Waals surface area contributed by atoms with Crippen LogP contribution in [0.15, 0.2) is 48.8 Å². The van der Waals surface area contributed by atoms with Crippen molar-refractivity contribution in [2.45, 2.75) is 12.3 Å². The SMILES string of the molecule is CN(C)c1nc([C@@H]2CCN(C(=O)c3ccccc3)C2)cn2nccc12. The zero-order valence-corrected chi connectivity index (χ0v) is 14.5. The third-order valence-corrected chi connectivity index (χ3v) is 4.73. The van der Waals surface area contributed by atoms with E-state index in [2.05, 4.69) is 5.10 Å². The van der Waals surface area contributed by atoms with Gasteiger partial charge in [-0.2, -0.15) is 5.10 Å². The predicted molar refractivity (Wildman–Crippen MR) is 97.0 cm³/mol. The van der Waals surface area contributed by atoms with Crippen molar-refractivity contribution in [3.8, 4) is 0 Å². The van der Waals surface area contributed by atoms with Crippen molar-refractivity contribution >= 4 is 17.2 Å². The van der Waals surface area contributed by atoms with Gasteiger partial charge < -0.3 is 9.80 Å². The van der Waals surface area contributed by atoms with Gasteiger partial charge in [-0.05, 0) is 24.6 Å². The van der Waals surface area contributed by atoms with Crippen LogP contribution >= 0.6 is 0 Å². The van der Waals surface area contributed by atoms with Gasteiger partial charge in [-0.1, -0.05) is 18.2 Å². The molecule has 0 radical (unpaired) electrons. The molecule has 1 amide bonds. The molecule has 3 aromatic rings. The Bertz CT molecular complexity index is 903. The molecule has 0 bridgehead atoms. The van der Waals surface area contributed by atoms with Crippen molar-refractivity contribution in [1.82, 2.24) is 19.5 Å². The summed E-state index contributed by atoms with van der Waals surface area (Å²) in [5.74, 6) is 1.24. The van der Waals surface area contributed by atoms with Crippen LogP contribution in [0.4, 0.5) is 5.82 Å². The molecule has 1 aromatic carbocycles. The van der Waals surface area contributed by atoms with Crippen molar-refractivity contribution in [2.75, 3.05) is 32.1 Å². The lowest BCUT2D eigenvalue weighted by Crippen LogP contribution is -2.28. The van der Waals surface area contributed by atoms with Gasteiger partial charge in [0.1, 0.15) is 5.52 Å². The summed E-state index contributed by atoms with van der Waals surface area (Å²) in [6.07, 6.45) is 4.70. The Hall–Kier alpha value is -2.89. The van der Waals surface area contributed by atoms with E-state index in [1.807, 2.05) is 71.0 Å². The minimum absolute atomic E-state index is 0.0936. The van der Waals surface area contributed by atoms with Gasteiger partial charge in [0.05, 0.1) is 18.1 Å². The van der Waals surface area contributed by atoms with Crippen molar-refractivity contribution < 1.29 is 4.79 Å². The maximum absolute atomic E-state index is 12.6. The highest BCUT2D eigenvalue weighted by Crippen LogP contribution is 2.29. The second-order valence-electron chi connectivity index (χ2n) is 6.65. The molecule has 1 aliphatic rings. The Kier molecular flexibility index (Phi) is 3.87. The number of nitrogens with zero attached hydrogens (tertiary/aromatic N) is 5. The van der Waals surface area contributed by atoms with Gasteiger partial charge in [0, 0.05) is 38.7 Å². The molecular formula is C19H21N5O. The summed E-state index contributed by atoms with van der Waals surface area (Å²) < 4.78 is 1.87. The molecule has 1 saturated heterocycles. The van der Waals surface area contributed by atoms with Crippen LogP contribution in [0.3, 0.4) is 0 Å². The Balaban J connectivity index is 1.59. The molecule has 1 fully saturated rings. The molecule has 128 valence electrons. The number of amides is 1. The fourth-order valence-corrected chi connectivity index (χ4v) is 3.40. The van der Waals surface area contributed by atoms with Crippen LogP contribution < -0.4 is 4.90 Å². The fourth-order valence-electron chi connectivity index (χ4n) is 3.40. The third kappa shape index (κ3) is 2.84. The van der Waals surface area contributed by atoms with Gasteiger partial charge in [-0.25, -0.2) is 9.50 Å². The molecule has 0 spiro atoms. The number of carbonyl (C=O) groups is 1. The molecule has 4 rings (SSSR count). The Morgan fingerprint density at radius 2 is 2.00 bits per heavy atom. The molecular weight excluding hydrogens is 314 g/mol. The highest BCUT2D eigenvalue weighted by molar-refractivity contribution is 5.94. The van der Waals surface area contributed by atoms with Crippen LogP contribution in [0, 0.1) is 0 Å². The average Bonchev–Trinajstić information content (AvgIpc) is 3.30. The van der Waals surface area contributed by atoms with Crippen molar-refractivity contribution in [3.63, 3.8) is 0 Å². The van der Waals surface area contributed by atoms with Crippen molar-refractivity contribution in [1.29, 1.82) is 0 Å². The molecule has 0 aliphatic carbocycles. The number of aromatic nitrogens is 3. The summed E-state index contributed by atoms with van der Waals surface area (Å²) in [5.41, 5.74) is 2.72. The van der Waals surface area contributed by atoms with E-state index >= 15 is 0 Å². The lowest BCUT2D eigenvalue weighted by molar-refractivity contribution is 0.0790. The normalized spacial score (nSPS) is 17.2. The van der Waals surface area contributed by atoms with E-state index in [0.29, 0.717) is 6.54 Å². The molecule has 1 aliphatic heterocycles. The van der Waals surface area contributed by atoms with Crippen LogP contribution in [0.1, 0.15) is 28.4 Å². The van der Waals surface area contributed by atoms with E-state index in [4.69, 9.17) is 4.98 Å². The molecule has 1 atom stereocenters. The molecule has 0 saturated carbocycles. The first kappa shape index (κ1) is 15.6. The van der Waals surface area contributed by atoms with Gasteiger partial charge in [-0.3, -0.25) is 4.79 Å². The monoisotopic (exact) mass is 335 g/mol. The number of hydrogen-bond donors (Lipinski definition) is 0. The predicted octanol–water partition coefficient (Wildman–Crippen LogP) is 2.43. The quantitative estimate of drug-likeness (QED) is 0.738. The van der Waals surface area contributed by atoms with Crippen molar-refractivity contribution in [3.05, 3.63) is 60.0 Å². The first-order chi connectivity index (χ1) is 12.1. The zero-order chi connectivity index (χ0) is 17.4. The highest BCUT2D eigenvalue weighted by atomic mass is 16.2. The summed E-state index contributed by atoms with van der Waals surface area (Å²) in [6.45, 7) is 1.45. The molecule has 6 nitrogen and oxygen atoms in total. The zero-order valence-electron chi connectivity index (χ0n) is 14.5. The minimum atomic E-state index is 0.0936. The van der Waals surface area contributed by atoms with E-state index in [9.17, 15) is 4.79 Å². The summed E-state index contributed by atoms with van der Waals surface area (Å²) in [4.78, 5) is 21.4. The number of benzene rings is 1. The van der Waals surface area contributed by atoms with Crippen LogP contribution in [0.5, 0.6) is 0 Å². The maximum atomic E-state index is 12.6. The lowest BCUT2D eigenvalue weighted by atomic mass is 10.1. The maximum Gasteiger partial charge on any atom is 0.253 e. The number of rotatable bonds is 3. The Morgan fingerprint density at radius 1 is 1.20 bits per heavy atom. The highest BCUT2D eigenvalue weighted by Gasteiger charge is 2.29. The Morgan fingerprint density at radius 3 is 2.76 bits per heavy atom. The number of carbonyl (C=O) groups excluding carboxylic acids is 1. The number of anilines is 1. The van der Waals surface area contributed by atoms with Gasteiger partial charge in [0.2, 0.25) is 0 Å². The smallest absolute Gasteiger partial charge is 0.253 e. The van der Waals surface area contributed by atoms with Crippen LogP contribution in [0.2, 0.25) is 0 Å². The van der Waals surface area contributed by atoms with Gasteiger partial charge >= 0.3 is 0 Å². The topological polar surface area (TPSA) is 53.7 Å². The summed E-state index contributed by atoms with van der Waals surface area (Å²) >= 11 is 0. The molecule has 25 heavy (non-hydrogen) atoms.